The first-order chi connectivity index (χ1) is 12.1. The van der Waals surface area contributed by atoms with Gasteiger partial charge in [-0.15, -0.1) is 0 Å². The van der Waals surface area contributed by atoms with Crippen LogP contribution in [-0.2, 0) is 11.3 Å². The third-order valence-electron chi connectivity index (χ3n) is 3.91. The second kappa shape index (κ2) is 12.6. The van der Waals surface area contributed by atoms with Gasteiger partial charge in [0.15, 0.2) is 5.96 Å². The summed E-state index contributed by atoms with van der Waals surface area (Å²) in [6.07, 6.45) is 1.05. The Kier molecular flexibility index (Phi) is 10.7. The lowest BCUT2D eigenvalue weighted by Gasteiger charge is -2.18. The summed E-state index contributed by atoms with van der Waals surface area (Å²) in [6, 6.07) is 6.21. The molecule has 0 aliphatic rings. The lowest BCUT2D eigenvalue weighted by Crippen LogP contribution is -2.41. The first-order valence-electron chi connectivity index (χ1n) is 8.93. The molecule has 25 heavy (non-hydrogen) atoms. The van der Waals surface area contributed by atoms with E-state index in [9.17, 15) is 0 Å². The molecule has 0 saturated heterocycles. The largest absolute Gasteiger partial charge is 0.496 e. The molecule has 1 rings (SSSR count). The summed E-state index contributed by atoms with van der Waals surface area (Å²) in [5, 5.41) is 6.67. The standard InChI is InChI=1S/C19H34N4O2/c1-6-20-19(21-10-12-23(3)11-7-13-24-4)22-15-17-9-8-16(2)18(14-17)25-5/h8-9,14H,6-7,10-13,15H2,1-5H3,(H2,20,21,22). The predicted molar refractivity (Wildman–Crippen MR) is 105 cm³/mol. The molecule has 0 fully saturated rings. The van der Waals surface area contributed by atoms with Gasteiger partial charge in [-0.3, -0.25) is 0 Å². The fourth-order valence-electron chi connectivity index (χ4n) is 2.43. The summed E-state index contributed by atoms with van der Waals surface area (Å²) in [6.45, 7) is 9.24. The molecule has 0 spiro atoms. The van der Waals surface area contributed by atoms with Crippen molar-refractivity contribution in [1.82, 2.24) is 15.5 Å². The fraction of sp³-hybridized carbons (Fsp3) is 0.632. The van der Waals surface area contributed by atoms with E-state index in [1.54, 1.807) is 14.2 Å². The zero-order valence-electron chi connectivity index (χ0n) is 16.4. The first-order valence-corrected chi connectivity index (χ1v) is 8.93. The summed E-state index contributed by atoms with van der Waals surface area (Å²) < 4.78 is 10.5. The van der Waals surface area contributed by atoms with E-state index in [4.69, 9.17) is 9.47 Å². The molecular formula is C19H34N4O2. The minimum atomic E-state index is 0.621. The summed E-state index contributed by atoms with van der Waals surface area (Å²) in [7, 11) is 5.56. The van der Waals surface area contributed by atoms with Crippen LogP contribution in [-0.4, -0.2) is 64.9 Å². The van der Waals surface area contributed by atoms with Crippen molar-refractivity contribution in [3.05, 3.63) is 29.3 Å². The van der Waals surface area contributed by atoms with Crippen LogP contribution >= 0.6 is 0 Å². The molecule has 0 radical (unpaired) electrons. The third-order valence-corrected chi connectivity index (χ3v) is 3.91. The van der Waals surface area contributed by atoms with Crippen LogP contribution in [0.25, 0.3) is 0 Å². The van der Waals surface area contributed by atoms with Gasteiger partial charge in [-0.05, 0) is 44.5 Å². The zero-order valence-corrected chi connectivity index (χ0v) is 16.4. The van der Waals surface area contributed by atoms with E-state index >= 15 is 0 Å². The van der Waals surface area contributed by atoms with E-state index < -0.39 is 0 Å². The molecule has 0 heterocycles. The van der Waals surface area contributed by atoms with Crippen LogP contribution in [0.15, 0.2) is 23.2 Å². The van der Waals surface area contributed by atoms with Gasteiger partial charge in [-0.2, -0.15) is 0 Å². The van der Waals surface area contributed by atoms with E-state index in [0.717, 1.165) is 62.0 Å². The second-order valence-electron chi connectivity index (χ2n) is 6.08. The molecule has 0 bridgehead atoms. The number of hydrogen-bond acceptors (Lipinski definition) is 4. The van der Waals surface area contributed by atoms with Gasteiger partial charge in [-0.1, -0.05) is 12.1 Å². The van der Waals surface area contributed by atoms with Gasteiger partial charge in [0.05, 0.1) is 13.7 Å². The summed E-state index contributed by atoms with van der Waals surface area (Å²) in [5.41, 5.74) is 2.27. The molecule has 0 aliphatic carbocycles. The number of benzene rings is 1. The minimum absolute atomic E-state index is 0.621. The topological polar surface area (TPSA) is 58.1 Å². The molecule has 0 aromatic heterocycles. The number of aliphatic imine (C=N–C) groups is 1. The van der Waals surface area contributed by atoms with Crippen LogP contribution in [0.5, 0.6) is 5.75 Å². The fourth-order valence-corrected chi connectivity index (χ4v) is 2.43. The molecule has 6 nitrogen and oxygen atoms in total. The van der Waals surface area contributed by atoms with Gasteiger partial charge in [0.25, 0.3) is 0 Å². The first kappa shape index (κ1) is 21.3. The van der Waals surface area contributed by atoms with Crippen molar-refractivity contribution in [1.29, 1.82) is 0 Å². The van der Waals surface area contributed by atoms with Crippen molar-refractivity contribution in [2.24, 2.45) is 4.99 Å². The highest BCUT2D eigenvalue weighted by molar-refractivity contribution is 5.79. The highest BCUT2D eigenvalue weighted by Gasteiger charge is 2.03. The lowest BCUT2D eigenvalue weighted by molar-refractivity contribution is 0.180. The number of ether oxygens (including phenoxy) is 2. The number of methoxy groups -OCH3 is 2. The minimum Gasteiger partial charge on any atom is -0.496 e. The van der Waals surface area contributed by atoms with Crippen molar-refractivity contribution in [3.63, 3.8) is 0 Å². The maximum Gasteiger partial charge on any atom is 0.191 e. The van der Waals surface area contributed by atoms with Crippen molar-refractivity contribution in [2.75, 3.05) is 54.1 Å². The number of rotatable bonds is 11. The van der Waals surface area contributed by atoms with E-state index in [1.807, 2.05) is 13.0 Å². The monoisotopic (exact) mass is 350 g/mol. The van der Waals surface area contributed by atoms with Crippen molar-refractivity contribution in [2.45, 2.75) is 26.8 Å². The molecule has 1 aromatic rings. The molecular weight excluding hydrogens is 316 g/mol. The Labute approximate surface area is 152 Å². The summed E-state index contributed by atoms with van der Waals surface area (Å²) in [5.74, 6) is 1.75. The van der Waals surface area contributed by atoms with Gasteiger partial charge in [0, 0.05) is 39.9 Å². The van der Waals surface area contributed by atoms with Crippen molar-refractivity contribution >= 4 is 5.96 Å². The van der Waals surface area contributed by atoms with Crippen molar-refractivity contribution in [3.8, 4) is 5.75 Å². The Morgan fingerprint density at radius 2 is 2.00 bits per heavy atom. The van der Waals surface area contributed by atoms with E-state index in [1.165, 1.54) is 0 Å². The molecule has 142 valence electrons. The number of likely N-dealkylation sites (N-methyl/N-ethyl adjacent to an activating group) is 1. The number of aryl methyl sites for hydroxylation is 1. The second-order valence-corrected chi connectivity index (χ2v) is 6.08. The summed E-state index contributed by atoms with van der Waals surface area (Å²) in [4.78, 5) is 6.95. The molecule has 0 unspecified atom stereocenters. The highest BCUT2D eigenvalue weighted by Crippen LogP contribution is 2.19. The van der Waals surface area contributed by atoms with Gasteiger partial charge >= 0.3 is 0 Å². The molecule has 0 amide bonds. The van der Waals surface area contributed by atoms with Gasteiger partial charge < -0.3 is 25.0 Å². The maximum absolute atomic E-state index is 5.38. The number of guanidine groups is 1. The SMILES string of the molecule is CCNC(=NCc1ccc(C)c(OC)c1)NCCN(C)CCCOC. The van der Waals surface area contributed by atoms with Crippen LogP contribution in [0.1, 0.15) is 24.5 Å². The highest BCUT2D eigenvalue weighted by atomic mass is 16.5. The van der Waals surface area contributed by atoms with E-state index in [-0.39, 0.29) is 0 Å². The molecule has 2 N–H and O–H groups in total. The molecule has 0 aliphatic heterocycles. The Hall–Kier alpha value is -1.79. The smallest absolute Gasteiger partial charge is 0.191 e. The average Bonchev–Trinajstić information content (AvgIpc) is 2.61. The van der Waals surface area contributed by atoms with Crippen molar-refractivity contribution < 1.29 is 9.47 Å². The Bertz CT molecular complexity index is 520. The molecule has 1 aromatic carbocycles. The Morgan fingerprint density at radius 1 is 1.20 bits per heavy atom. The number of hydrogen-bond donors (Lipinski definition) is 2. The maximum atomic E-state index is 5.38. The van der Waals surface area contributed by atoms with Crippen LogP contribution in [0.3, 0.4) is 0 Å². The molecule has 0 atom stereocenters. The van der Waals surface area contributed by atoms with Gasteiger partial charge in [0.2, 0.25) is 0 Å². The Balaban J connectivity index is 2.48. The number of nitrogens with one attached hydrogen (secondary N) is 2. The van der Waals surface area contributed by atoms with Gasteiger partial charge in [-0.25, -0.2) is 4.99 Å². The Morgan fingerprint density at radius 3 is 2.68 bits per heavy atom. The third kappa shape index (κ3) is 8.74. The molecule has 6 heteroatoms. The van der Waals surface area contributed by atoms with Crippen LogP contribution < -0.4 is 15.4 Å². The van der Waals surface area contributed by atoms with Crippen LogP contribution in [0, 0.1) is 6.92 Å². The summed E-state index contributed by atoms with van der Waals surface area (Å²) >= 11 is 0. The predicted octanol–water partition coefficient (Wildman–Crippen LogP) is 2.03. The molecule has 0 saturated carbocycles. The zero-order chi connectivity index (χ0) is 18.5. The van der Waals surface area contributed by atoms with Crippen LogP contribution in [0.2, 0.25) is 0 Å². The van der Waals surface area contributed by atoms with E-state index in [2.05, 4.69) is 46.6 Å². The van der Waals surface area contributed by atoms with Crippen LogP contribution in [0.4, 0.5) is 0 Å². The normalized spacial score (nSPS) is 11.7. The van der Waals surface area contributed by atoms with E-state index in [0.29, 0.717) is 6.54 Å². The lowest BCUT2D eigenvalue weighted by atomic mass is 10.1. The van der Waals surface area contributed by atoms with Gasteiger partial charge in [0.1, 0.15) is 5.75 Å². The average molecular weight is 351 g/mol. The number of nitrogens with zero attached hydrogens (tertiary/aromatic N) is 2. The quantitative estimate of drug-likeness (QED) is 0.363.